The summed E-state index contributed by atoms with van der Waals surface area (Å²) >= 11 is 1.54. The molecule has 0 spiro atoms. The third-order valence-corrected chi connectivity index (χ3v) is 6.42. The molecule has 2 atom stereocenters. The minimum Gasteiger partial charge on any atom is -0.375 e. The topological polar surface area (TPSA) is 45.7 Å². The lowest BCUT2D eigenvalue weighted by Crippen LogP contribution is -2.52. The largest absolute Gasteiger partial charge is 0.375 e. The molecule has 0 radical (unpaired) electrons. The average Bonchev–Trinajstić information content (AvgIpc) is 3.11. The number of thiazole rings is 1. The van der Waals surface area contributed by atoms with Crippen LogP contribution in [0.1, 0.15) is 43.9 Å². The van der Waals surface area contributed by atoms with Crippen LogP contribution in [-0.4, -0.2) is 41.1 Å². The van der Waals surface area contributed by atoms with Gasteiger partial charge in [-0.3, -0.25) is 14.6 Å². The van der Waals surface area contributed by atoms with Gasteiger partial charge in [-0.15, -0.1) is 11.3 Å². The lowest BCUT2D eigenvalue weighted by atomic mass is 9.90. The molecular weight excluding hydrogens is 358 g/mol. The van der Waals surface area contributed by atoms with E-state index in [1.165, 1.54) is 42.6 Å². The van der Waals surface area contributed by atoms with Gasteiger partial charge in [0.15, 0.2) is 5.13 Å². The minimum atomic E-state index is -0.0153. The maximum absolute atomic E-state index is 12.3. The SMILES string of the molecule is CC(=O)N(c1ccc(C)cc1)c1nc(CN2CCOC3CCCCC32)cs1. The molecule has 0 bridgehead atoms. The normalized spacial score (nSPS) is 23.0. The summed E-state index contributed by atoms with van der Waals surface area (Å²) in [6.45, 7) is 6.24. The fourth-order valence-electron chi connectivity index (χ4n) is 4.17. The van der Waals surface area contributed by atoms with E-state index in [4.69, 9.17) is 9.72 Å². The van der Waals surface area contributed by atoms with Gasteiger partial charge in [0.1, 0.15) is 0 Å². The third-order valence-electron chi connectivity index (χ3n) is 5.55. The van der Waals surface area contributed by atoms with Gasteiger partial charge in [-0.05, 0) is 31.9 Å². The molecule has 2 aliphatic rings. The molecule has 2 aromatic rings. The lowest BCUT2D eigenvalue weighted by molar-refractivity contribution is -0.115. The predicted molar refractivity (Wildman–Crippen MR) is 109 cm³/mol. The van der Waals surface area contributed by atoms with Crippen molar-refractivity contribution in [2.75, 3.05) is 18.1 Å². The second-order valence-corrected chi connectivity index (χ2v) is 8.38. The van der Waals surface area contributed by atoms with Crippen molar-refractivity contribution in [1.29, 1.82) is 0 Å². The summed E-state index contributed by atoms with van der Waals surface area (Å²) in [5.41, 5.74) is 3.09. The summed E-state index contributed by atoms with van der Waals surface area (Å²) < 4.78 is 5.98. The maximum atomic E-state index is 12.3. The Balaban J connectivity index is 1.51. The molecule has 1 aromatic carbocycles. The van der Waals surface area contributed by atoms with Crippen LogP contribution in [0.2, 0.25) is 0 Å². The molecular formula is C21H27N3O2S. The highest BCUT2D eigenvalue weighted by Crippen LogP contribution is 2.32. The van der Waals surface area contributed by atoms with Gasteiger partial charge in [-0.1, -0.05) is 30.5 Å². The summed E-state index contributed by atoms with van der Waals surface area (Å²) in [5.74, 6) is -0.0153. The van der Waals surface area contributed by atoms with Crippen LogP contribution in [0, 0.1) is 6.92 Å². The monoisotopic (exact) mass is 385 g/mol. The Kier molecular flexibility index (Phi) is 5.57. The molecule has 6 heteroatoms. The smallest absolute Gasteiger partial charge is 0.230 e. The number of fused-ring (bicyclic) bond motifs is 1. The number of morpholine rings is 1. The average molecular weight is 386 g/mol. The number of nitrogens with zero attached hydrogens (tertiary/aromatic N) is 3. The number of hydrogen-bond donors (Lipinski definition) is 0. The zero-order valence-corrected chi connectivity index (χ0v) is 16.9. The number of amides is 1. The van der Waals surface area contributed by atoms with Gasteiger partial charge >= 0.3 is 0 Å². The Labute approximate surface area is 165 Å². The molecule has 27 heavy (non-hydrogen) atoms. The first-order valence-electron chi connectivity index (χ1n) is 9.79. The molecule has 4 rings (SSSR count). The first-order valence-corrected chi connectivity index (χ1v) is 10.7. The van der Waals surface area contributed by atoms with Gasteiger partial charge in [0.25, 0.3) is 0 Å². The van der Waals surface area contributed by atoms with E-state index in [1.54, 1.807) is 11.8 Å². The van der Waals surface area contributed by atoms with Crippen LogP contribution in [-0.2, 0) is 16.1 Å². The van der Waals surface area contributed by atoms with Crippen molar-refractivity contribution in [3.8, 4) is 0 Å². The van der Waals surface area contributed by atoms with Gasteiger partial charge in [0.2, 0.25) is 5.91 Å². The number of ether oxygens (including phenoxy) is 1. The van der Waals surface area contributed by atoms with Crippen molar-refractivity contribution in [3.05, 3.63) is 40.9 Å². The van der Waals surface area contributed by atoms with Gasteiger partial charge in [-0.25, -0.2) is 4.98 Å². The molecule has 1 saturated carbocycles. The number of benzene rings is 1. The van der Waals surface area contributed by atoms with Crippen LogP contribution in [0.15, 0.2) is 29.6 Å². The van der Waals surface area contributed by atoms with Gasteiger partial charge in [0.05, 0.1) is 24.1 Å². The summed E-state index contributed by atoms with van der Waals surface area (Å²) in [4.78, 5) is 21.3. The van der Waals surface area contributed by atoms with Crippen LogP contribution in [0.3, 0.4) is 0 Å². The molecule has 2 unspecified atom stereocenters. The molecule has 1 aromatic heterocycles. The van der Waals surface area contributed by atoms with E-state index in [-0.39, 0.29) is 5.91 Å². The lowest BCUT2D eigenvalue weighted by Gasteiger charge is -2.43. The number of carbonyl (C=O) groups excluding carboxylic acids is 1. The van der Waals surface area contributed by atoms with Crippen molar-refractivity contribution in [2.24, 2.45) is 0 Å². The predicted octanol–water partition coefficient (Wildman–Crippen LogP) is 4.28. The van der Waals surface area contributed by atoms with Crippen LogP contribution >= 0.6 is 11.3 Å². The van der Waals surface area contributed by atoms with E-state index in [2.05, 4.69) is 10.3 Å². The maximum Gasteiger partial charge on any atom is 0.230 e. The molecule has 2 fully saturated rings. The van der Waals surface area contributed by atoms with Crippen LogP contribution in [0.5, 0.6) is 0 Å². The highest BCUT2D eigenvalue weighted by atomic mass is 32.1. The number of hydrogen-bond acceptors (Lipinski definition) is 5. The van der Waals surface area contributed by atoms with E-state index in [0.717, 1.165) is 36.2 Å². The second kappa shape index (κ2) is 8.09. The number of anilines is 2. The Morgan fingerprint density at radius 3 is 2.85 bits per heavy atom. The van der Waals surface area contributed by atoms with Crippen molar-refractivity contribution in [3.63, 3.8) is 0 Å². The van der Waals surface area contributed by atoms with E-state index in [1.807, 2.05) is 31.2 Å². The molecule has 144 valence electrons. The minimum absolute atomic E-state index is 0.0153. The van der Waals surface area contributed by atoms with E-state index >= 15 is 0 Å². The molecule has 0 N–H and O–H groups in total. The quantitative estimate of drug-likeness (QED) is 0.788. The molecule has 5 nitrogen and oxygen atoms in total. The fraction of sp³-hybridized carbons (Fsp3) is 0.524. The molecule has 2 heterocycles. The van der Waals surface area contributed by atoms with Gasteiger partial charge in [0, 0.05) is 31.4 Å². The summed E-state index contributed by atoms with van der Waals surface area (Å²) in [6, 6.07) is 8.52. The highest BCUT2D eigenvalue weighted by molar-refractivity contribution is 7.14. The van der Waals surface area contributed by atoms with Crippen molar-refractivity contribution in [1.82, 2.24) is 9.88 Å². The molecule has 1 aliphatic heterocycles. The van der Waals surface area contributed by atoms with Crippen molar-refractivity contribution >= 4 is 28.1 Å². The summed E-state index contributed by atoms with van der Waals surface area (Å²) in [7, 11) is 0. The number of carbonyl (C=O) groups is 1. The zero-order chi connectivity index (χ0) is 18.8. The molecule has 1 amide bonds. The Hall–Kier alpha value is -1.76. The van der Waals surface area contributed by atoms with E-state index in [9.17, 15) is 4.79 Å². The van der Waals surface area contributed by atoms with Gasteiger partial charge in [-0.2, -0.15) is 0 Å². The van der Waals surface area contributed by atoms with Gasteiger partial charge < -0.3 is 4.74 Å². The van der Waals surface area contributed by atoms with Crippen molar-refractivity contribution in [2.45, 2.75) is 58.2 Å². The number of aromatic nitrogens is 1. The first-order chi connectivity index (χ1) is 13.1. The Morgan fingerprint density at radius 1 is 1.30 bits per heavy atom. The van der Waals surface area contributed by atoms with E-state index in [0.29, 0.717) is 12.1 Å². The number of rotatable bonds is 4. The van der Waals surface area contributed by atoms with Crippen LogP contribution < -0.4 is 4.90 Å². The summed E-state index contributed by atoms with van der Waals surface area (Å²) in [6.07, 6.45) is 5.33. The zero-order valence-electron chi connectivity index (χ0n) is 16.1. The Bertz CT molecular complexity index is 787. The third kappa shape index (κ3) is 4.08. The molecule has 1 aliphatic carbocycles. The summed E-state index contributed by atoms with van der Waals surface area (Å²) in [5, 5.41) is 2.84. The standard InChI is InChI=1S/C21H27N3O2S/c1-15-7-9-18(10-8-15)24(16(2)25)21-22-17(14-27-21)13-23-11-12-26-20-6-4-3-5-19(20)23/h7-10,14,19-20H,3-6,11-13H2,1-2H3. The van der Waals surface area contributed by atoms with E-state index < -0.39 is 0 Å². The molecule has 1 saturated heterocycles. The fourth-order valence-corrected chi connectivity index (χ4v) is 5.05. The first kappa shape index (κ1) is 18.6. The van der Waals surface area contributed by atoms with Crippen molar-refractivity contribution < 1.29 is 9.53 Å². The Morgan fingerprint density at radius 2 is 2.07 bits per heavy atom. The van der Waals surface area contributed by atoms with Crippen LogP contribution in [0.25, 0.3) is 0 Å². The second-order valence-electron chi connectivity index (χ2n) is 7.54. The highest BCUT2D eigenvalue weighted by Gasteiger charge is 2.34. The number of aryl methyl sites for hydroxylation is 1. The van der Waals surface area contributed by atoms with Crippen LogP contribution in [0.4, 0.5) is 10.8 Å².